The van der Waals surface area contributed by atoms with Crippen LogP contribution in [0.1, 0.15) is 23.7 Å². The molecule has 0 aliphatic rings. The molecule has 100 valence electrons. The Labute approximate surface area is 112 Å². The maximum Gasteiger partial charge on any atom is 0.256 e. The van der Waals surface area contributed by atoms with Gasteiger partial charge in [-0.15, -0.1) is 0 Å². The molecule has 1 heterocycles. The first kappa shape index (κ1) is 13.1. The summed E-state index contributed by atoms with van der Waals surface area (Å²) in [4.78, 5) is 11.9. The lowest BCUT2D eigenvalue weighted by atomic mass is 10.2. The molecule has 0 spiro atoms. The van der Waals surface area contributed by atoms with Crippen molar-refractivity contribution in [1.82, 2.24) is 9.78 Å². The third-order valence-electron chi connectivity index (χ3n) is 2.54. The normalized spacial score (nSPS) is 10.2. The molecule has 1 amide bonds. The van der Waals surface area contributed by atoms with E-state index in [1.54, 1.807) is 48.3 Å². The van der Waals surface area contributed by atoms with Crippen LogP contribution in [0.2, 0.25) is 0 Å². The molecule has 0 bridgehead atoms. The van der Waals surface area contributed by atoms with E-state index in [2.05, 4.69) is 17.3 Å². The number of benzene rings is 1. The lowest BCUT2D eigenvalue weighted by Crippen LogP contribution is -2.12. The highest BCUT2D eigenvalue weighted by molar-refractivity contribution is 6.03. The maximum atomic E-state index is 11.9. The van der Waals surface area contributed by atoms with Crippen molar-refractivity contribution < 1.29 is 9.53 Å². The third-order valence-corrected chi connectivity index (χ3v) is 2.54. The van der Waals surface area contributed by atoms with Gasteiger partial charge in [-0.2, -0.15) is 5.10 Å². The number of rotatable bonds is 5. The number of anilines is 1. The molecule has 5 heteroatoms. The monoisotopic (exact) mass is 259 g/mol. The van der Waals surface area contributed by atoms with Crippen molar-refractivity contribution in [3.8, 4) is 5.75 Å². The topological polar surface area (TPSA) is 56.1 Å². The minimum atomic E-state index is -0.180. The first-order chi connectivity index (χ1) is 9.19. The summed E-state index contributed by atoms with van der Waals surface area (Å²) in [7, 11) is 1.80. The van der Waals surface area contributed by atoms with Gasteiger partial charge in [-0.1, -0.05) is 6.92 Å². The summed E-state index contributed by atoms with van der Waals surface area (Å²) < 4.78 is 7.10. The first-order valence-corrected chi connectivity index (χ1v) is 6.23. The second-order valence-corrected chi connectivity index (χ2v) is 4.20. The molecule has 0 unspecified atom stereocenters. The van der Waals surface area contributed by atoms with Gasteiger partial charge in [0.05, 0.1) is 6.61 Å². The van der Waals surface area contributed by atoms with Crippen molar-refractivity contribution in [2.45, 2.75) is 13.3 Å². The molecule has 1 N–H and O–H groups in total. The summed E-state index contributed by atoms with van der Waals surface area (Å²) in [5.74, 6) is 1.13. The van der Waals surface area contributed by atoms with Crippen molar-refractivity contribution in [3.63, 3.8) is 0 Å². The van der Waals surface area contributed by atoms with Crippen LogP contribution in [0, 0.1) is 0 Å². The number of aryl methyl sites for hydroxylation is 1. The average Bonchev–Trinajstić information content (AvgIpc) is 2.82. The molecule has 1 aromatic heterocycles. The Bertz CT molecular complexity index is 546. The number of ether oxygens (including phenoxy) is 1. The van der Waals surface area contributed by atoms with E-state index in [4.69, 9.17) is 4.74 Å². The van der Waals surface area contributed by atoms with Crippen LogP contribution in [0.15, 0.2) is 36.5 Å². The molecule has 2 aromatic rings. The van der Waals surface area contributed by atoms with Crippen LogP contribution >= 0.6 is 0 Å². The standard InChI is InChI=1S/C14H17N3O2/c1-3-10-19-12-6-4-11(5-7-12)14(18)15-13-8-9-17(2)16-13/h4-9H,3,10H2,1-2H3,(H,15,16,18). The molecular weight excluding hydrogens is 242 g/mol. The molecule has 1 aromatic carbocycles. The van der Waals surface area contributed by atoms with Crippen LogP contribution in [0.25, 0.3) is 0 Å². The maximum absolute atomic E-state index is 11.9. The Balaban J connectivity index is 1.99. The Morgan fingerprint density at radius 3 is 2.63 bits per heavy atom. The van der Waals surface area contributed by atoms with E-state index < -0.39 is 0 Å². The summed E-state index contributed by atoms with van der Waals surface area (Å²) in [6, 6.07) is 8.81. The van der Waals surface area contributed by atoms with Crippen molar-refractivity contribution in [2.75, 3.05) is 11.9 Å². The third kappa shape index (κ3) is 3.58. The highest BCUT2D eigenvalue weighted by Crippen LogP contribution is 2.13. The average molecular weight is 259 g/mol. The lowest BCUT2D eigenvalue weighted by Gasteiger charge is -2.05. The number of nitrogens with zero attached hydrogens (tertiary/aromatic N) is 2. The fourth-order valence-electron chi connectivity index (χ4n) is 1.59. The molecule has 0 aliphatic carbocycles. The van der Waals surface area contributed by atoms with Crippen LogP contribution in [0.3, 0.4) is 0 Å². The van der Waals surface area contributed by atoms with Crippen LogP contribution in [-0.4, -0.2) is 22.3 Å². The van der Waals surface area contributed by atoms with Crippen molar-refractivity contribution >= 4 is 11.7 Å². The quantitative estimate of drug-likeness (QED) is 0.897. The summed E-state index contributed by atoms with van der Waals surface area (Å²) in [6.45, 7) is 2.73. The fourth-order valence-corrected chi connectivity index (χ4v) is 1.59. The highest BCUT2D eigenvalue weighted by atomic mass is 16.5. The zero-order chi connectivity index (χ0) is 13.7. The SMILES string of the molecule is CCCOc1ccc(C(=O)Nc2ccn(C)n2)cc1. The Morgan fingerprint density at radius 2 is 2.05 bits per heavy atom. The Morgan fingerprint density at radius 1 is 1.32 bits per heavy atom. The van der Waals surface area contributed by atoms with Crippen LogP contribution < -0.4 is 10.1 Å². The molecule has 0 saturated carbocycles. The van der Waals surface area contributed by atoms with E-state index in [0.29, 0.717) is 18.0 Å². The smallest absolute Gasteiger partial charge is 0.256 e. The number of nitrogens with one attached hydrogen (secondary N) is 1. The van der Waals surface area contributed by atoms with Crippen molar-refractivity contribution in [3.05, 3.63) is 42.1 Å². The first-order valence-electron chi connectivity index (χ1n) is 6.23. The van der Waals surface area contributed by atoms with Gasteiger partial charge in [-0.25, -0.2) is 0 Å². The minimum absolute atomic E-state index is 0.180. The van der Waals surface area contributed by atoms with E-state index >= 15 is 0 Å². The van der Waals surface area contributed by atoms with E-state index in [9.17, 15) is 4.79 Å². The second-order valence-electron chi connectivity index (χ2n) is 4.20. The van der Waals surface area contributed by atoms with Crippen LogP contribution in [0.5, 0.6) is 5.75 Å². The van der Waals surface area contributed by atoms with Gasteiger partial charge in [0.1, 0.15) is 5.75 Å². The Kier molecular flexibility index (Phi) is 4.18. The van der Waals surface area contributed by atoms with Crippen molar-refractivity contribution in [1.29, 1.82) is 0 Å². The van der Waals surface area contributed by atoms with Gasteiger partial charge in [0.15, 0.2) is 5.82 Å². The zero-order valence-electron chi connectivity index (χ0n) is 11.1. The number of amides is 1. The Hall–Kier alpha value is -2.30. The molecule has 19 heavy (non-hydrogen) atoms. The summed E-state index contributed by atoms with van der Waals surface area (Å²) >= 11 is 0. The van der Waals surface area contributed by atoms with Crippen LogP contribution in [-0.2, 0) is 7.05 Å². The largest absolute Gasteiger partial charge is 0.494 e. The van der Waals surface area contributed by atoms with Crippen molar-refractivity contribution in [2.24, 2.45) is 7.05 Å². The summed E-state index contributed by atoms with van der Waals surface area (Å²) in [5.41, 5.74) is 0.578. The minimum Gasteiger partial charge on any atom is -0.494 e. The summed E-state index contributed by atoms with van der Waals surface area (Å²) in [5, 5.41) is 6.82. The number of carbonyl (C=O) groups excluding carboxylic acids is 1. The molecular formula is C14H17N3O2. The van der Waals surface area contributed by atoms with E-state index in [1.807, 2.05) is 0 Å². The van der Waals surface area contributed by atoms with Gasteiger partial charge in [-0.05, 0) is 30.7 Å². The van der Waals surface area contributed by atoms with Gasteiger partial charge in [0, 0.05) is 24.9 Å². The lowest BCUT2D eigenvalue weighted by molar-refractivity contribution is 0.102. The highest BCUT2D eigenvalue weighted by Gasteiger charge is 2.07. The molecule has 5 nitrogen and oxygen atoms in total. The number of aromatic nitrogens is 2. The number of hydrogen-bond acceptors (Lipinski definition) is 3. The number of hydrogen-bond donors (Lipinski definition) is 1. The summed E-state index contributed by atoms with van der Waals surface area (Å²) in [6.07, 6.45) is 2.74. The molecule has 0 radical (unpaired) electrons. The van der Waals surface area contributed by atoms with Gasteiger partial charge < -0.3 is 10.1 Å². The van der Waals surface area contributed by atoms with E-state index in [0.717, 1.165) is 12.2 Å². The van der Waals surface area contributed by atoms with Gasteiger partial charge in [0.2, 0.25) is 0 Å². The fraction of sp³-hybridized carbons (Fsp3) is 0.286. The van der Waals surface area contributed by atoms with Gasteiger partial charge in [-0.3, -0.25) is 9.48 Å². The molecule has 0 aliphatic heterocycles. The number of carbonyl (C=O) groups is 1. The van der Waals surface area contributed by atoms with Gasteiger partial charge in [0.25, 0.3) is 5.91 Å². The predicted octanol–water partition coefficient (Wildman–Crippen LogP) is 2.46. The molecule has 2 rings (SSSR count). The predicted molar refractivity (Wildman–Crippen MR) is 73.4 cm³/mol. The van der Waals surface area contributed by atoms with E-state index in [1.165, 1.54) is 0 Å². The molecule has 0 saturated heterocycles. The molecule has 0 atom stereocenters. The molecule has 0 fully saturated rings. The van der Waals surface area contributed by atoms with E-state index in [-0.39, 0.29) is 5.91 Å². The van der Waals surface area contributed by atoms with Gasteiger partial charge >= 0.3 is 0 Å². The zero-order valence-corrected chi connectivity index (χ0v) is 11.1. The van der Waals surface area contributed by atoms with Crippen LogP contribution in [0.4, 0.5) is 5.82 Å². The second kappa shape index (κ2) is 6.04.